The number of imidazole rings is 1. The van der Waals surface area contributed by atoms with Gasteiger partial charge in [-0.2, -0.15) is 4.98 Å². The van der Waals surface area contributed by atoms with Crippen molar-refractivity contribution in [2.24, 2.45) is 0 Å². The number of nitrogens with one attached hydrogen (secondary N) is 1. The number of hydrogen-bond donors (Lipinski definition) is 1. The zero-order valence-corrected chi connectivity index (χ0v) is 11.6. The van der Waals surface area contributed by atoms with E-state index in [2.05, 4.69) is 19.5 Å². The van der Waals surface area contributed by atoms with Crippen LogP contribution in [0.5, 0.6) is 0 Å². The maximum Gasteiger partial charge on any atom is 0.296 e. The lowest BCUT2D eigenvalue weighted by atomic mass is 10.1. The Balaban J connectivity index is 1.77. The van der Waals surface area contributed by atoms with Crippen LogP contribution in [-0.4, -0.2) is 25.6 Å². The van der Waals surface area contributed by atoms with Gasteiger partial charge in [-0.25, -0.2) is 4.57 Å². The second-order valence-corrected chi connectivity index (χ2v) is 5.74. The van der Waals surface area contributed by atoms with Crippen LogP contribution in [0.15, 0.2) is 41.9 Å². The summed E-state index contributed by atoms with van der Waals surface area (Å²) in [5.41, 5.74) is 2.79. The van der Waals surface area contributed by atoms with E-state index in [1.807, 2.05) is 12.1 Å². The standard InChI is InChI=1S/C13H9N5O2S/c19-18(20)9-3-1-8(2-4-9)10-5-21-13-11-12(15-6-14-11)16-7-17(10)13/h1-4,6-7,10H,5H2/p+1/t10-/m1/s1. The van der Waals surface area contributed by atoms with Gasteiger partial charge in [0.25, 0.3) is 17.7 Å². The van der Waals surface area contributed by atoms with E-state index >= 15 is 0 Å². The van der Waals surface area contributed by atoms with Crippen molar-refractivity contribution < 1.29 is 9.49 Å². The SMILES string of the molecule is O=[N+]([O-])c1ccc([C@H]2CSc3c4[nH]cnc4nc[n+]32)cc1. The van der Waals surface area contributed by atoms with Gasteiger partial charge in [0, 0.05) is 17.9 Å². The molecule has 0 spiro atoms. The highest BCUT2D eigenvalue weighted by molar-refractivity contribution is 7.99. The van der Waals surface area contributed by atoms with Gasteiger partial charge in [0.2, 0.25) is 0 Å². The topological polar surface area (TPSA) is 88.6 Å². The predicted octanol–water partition coefficient (Wildman–Crippen LogP) is 1.85. The molecule has 1 aliphatic rings. The fourth-order valence-corrected chi connectivity index (χ4v) is 3.81. The van der Waals surface area contributed by atoms with Crippen molar-refractivity contribution >= 4 is 28.6 Å². The Kier molecular flexibility index (Phi) is 2.64. The van der Waals surface area contributed by atoms with Gasteiger partial charge in [-0.05, 0) is 22.7 Å². The molecule has 4 rings (SSSR count). The number of nitro groups is 1. The molecule has 1 aromatic carbocycles. The molecule has 21 heavy (non-hydrogen) atoms. The third-order valence-electron chi connectivity index (χ3n) is 3.57. The summed E-state index contributed by atoms with van der Waals surface area (Å²) in [6.07, 6.45) is 3.42. The molecule has 0 aliphatic carbocycles. The summed E-state index contributed by atoms with van der Waals surface area (Å²) in [6.45, 7) is 0. The van der Waals surface area contributed by atoms with Crippen LogP contribution in [0.3, 0.4) is 0 Å². The first-order valence-corrected chi connectivity index (χ1v) is 7.33. The monoisotopic (exact) mass is 300 g/mol. The van der Waals surface area contributed by atoms with Crippen LogP contribution in [0, 0.1) is 10.1 Å². The van der Waals surface area contributed by atoms with Gasteiger partial charge in [0.05, 0.1) is 11.3 Å². The lowest BCUT2D eigenvalue weighted by Gasteiger charge is -2.08. The smallest absolute Gasteiger partial charge is 0.296 e. The van der Waals surface area contributed by atoms with E-state index < -0.39 is 0 Å². The number of non-ortho nitro benzene ring substituents is 1. The Bertz CT molecular complexity index is 845. The number of aromatic amines is 1. The van der Waals surface area contributed by atoms with Gasteiger partial charge >= 0.3 is 0 Å². The van der Waals surface area contributed by atoms with Crippen molar-refractivity contribution in [3.05, 3.63) is 52.6 Å². The summed E-state index contributed by atoms with van der Waals surface area (Å²) in [5, 5.41) is 11.8. The quantitative estimate of drug-likeness (QED) is 0.338. The molecule has 1 aliphatic heterocycles. The number of hydrogen-bond acceptors (Lipinski definition) is 5. The fourth-order valence-electron chi connectivity index (χ4n) is 2.52. The lowest BCUT2D eigenvalue weighted by molar-refractivity contribution is -0.739. The predicted molar refractivity (Wildman–Crippen MR) is 76.0 cm³/mol. The van der Waals surface area contributed by atoms with Crippen LogP contribution in [0.25, 0.3) is 11.2 Å². The van der Waals surface area contributed by atoms with Crippen LogP contribution >= 0.6 is 11.8 Å². The van der Waals surface area contributed by atoms with Crippen LogP contribution in [0.4, 0.5) is 5.69 Å². The Morgan fingerprint density at radius 1 is 1.33 bits per heavy atom. The number of H-pyrrole nitrogens is 1. The largest absolute Gasteiger partial charge is 0.337 e. The zero-order valence-electron chi connectivity index (χ0n) is 10.8. The summed E-state index contributed by atoms with van der Waals surface area (Å²) in [4.78, 5) is 21.9. The molecule has 1 N–H and O–H groups in total. The Labute approximate surface area is 123 Å². The maximum atomic E-state index is 10.7. The van der Waals surface area contributed by atoms with Crippen molar-refractivity contribution in [1.29, 1.82) is 0 Å². The van der Waals surface area contributed by atoms with Crippen molar-refractivity contribution in [1.82, 2.24) is 15.0 Å². The first-order valence-electron chi connectivity index (χ1n) is 6.34. The zero-order chi connectivity index (χ0) is 14.4. The highest BCUT2D eigenvalue weighted by Crippen LogP contribution is 2.33. The van der Waals surface area contributed by atoms with Gasteiger partial charge in [-0.15, -0.1) is 0 Å². The third kappa shape index (κ3) is 1.87. The molecular weight excluding hydrogens is 290 g/mol. The van der Waals surface area contributed by atoms with E-state index in [0.29, 0.717) is 5.65 Å². The average molecular weight is 300 g/mol. The normalized spacial score (nSPS) is 17.0. The molecule has 0 amide bonds. The van der Waals surface area contributed by atoms with Crippen molar-refractivity contribution in [2.75, 3.05) is 5.75 Å². The molecule has 0 saturated heterocycles. The molecule has 7 nitrogen and oxygen atoms in total. The van der Waals surface area contributed by atoms with Gasteiger partial charge in [0.15, 0.2) is 10.5 Å². The third-order valence-corrected chi connectivity index (χ3v) is 4.75. The number of nitrogens with zero attached hydrogens (tertiary/aromatic N) is 4. The molecule has 0 unspecified atom stereocenters. The number of nitro benzene ring substituents is 1. The van der Waals surface area contributed by atoms with Crippen molar-refractivity contribution in [2.45, 2.75) is 11.1 Å². The Morgan fingerprint density at radius 3 is 2.90 bits per heavy atom. The number of rotatable bonds is 2. The van der Waals surface area contributed by atoms with Crippen LogP contribution in [-0.2, 0) is 0 Å². The molecule has 104 valence electrons. The van der Waals surface area contributed by atoms with E-state index in [0.717, 1.165) is 21.9 Å². The summed E-state index contributed by atoms with van der Waals surface area (Å²) in [5.74, 6) is 0.873. The first kappa shape index (κ1) is 12.3. The molecule has 3 heterocycles. The summed E-state index contributed by atoms with van der Waals surface area (Å²) >= 11 is 1.73. The van der Waals surface area contributed by atoms with E-state index in [-0.39, 0.29) is 16.7 Å². The van der Waals surface area contributed by atoms with Crippen molar-refractivity contribution in [3.63, 3.8) is 0 Å². The van der Waals surface area contributed by atoms with E-state index in [9.17, 15) is 10.1 Å². The van der Waals surface area contributed by atoms with E-state index in [1.165, 1.54) is 0 Å². The first-order chi connectivity index (χ1) is 10.2. The van der Waals surface area contributed by atoms with Crippen LogP contribution in [0.2, 0.25) is 0 Å². The van der Waals surface area contributed by atoms with E-state index in [1.54, 1.807) is 36.5 Å². The molecule has 0 saturated carbocycles. The highest BCUT2D eigenvalue weighted by atomic mass is 32.2. The number of thioether (sulfide) groups is 1. The Morgan fingerprint density at radius 2 is 2.14 bits per heavy atom. The molecule has 0 bridgehead atoms. The minimum absolute atomic E-state index is 0.108. The minimum Gasteiger partial charge on any atom is -0.337 e. The molecule has 3 aromatic rings. The van der Waals surface area contributed by atoms with Gasteiger partial charge in [0.1, 0.15) is 6.04 Å². The van der Waals surface area contributed by atoms with Gasteiger partial charge in [-0.1, -0.05) is 11.8 Å². The highest BCUT2D eigenvalue weighted by Gasteiger charge is 2.32. The van der Waals surface area contributed by atoms with Gasteiger partial charge < -0.3 is 4.98 Å². The summed E-state index contributed by atoms with van der Waals surface area (Å²) in [7, 11) is 0. The minimum atomic E-state index is -0.385. The molecule has 8 heteroatoms. The molecule has 2 aromatic heterocycles. The van der Waals surface area contributed by atoms with Gasteiger partial charge in [-0.3, -0.25) is 10.1 Å². The Hall–Kier alpha value is -2.48. The molecule has 1 atom stereocenters. The molecular formula is C13H10N5O2S+. The molecule has 0 radical (unpaired) electrons. The fraction of sp³-hybridized carbons (Fsp3) is 0.154. The number of benzene rings is 1. The number of aromatic nitrogens is 4. The van der Waals surface area contributed by atoms with Crippen LogP contribution < -0.4 is 4.57 Å². The number of fused-ring (bicyclic) bond motifs is 3. The lowest BCUT2D eigenvalue weighted by Crippen LogP contribution is -2.39. The molecule has 0 fully saturated rings. The van der Waals surface area contributed by atoms with E-state index in [4.69, 9.17) is 0 Å². The van der Waals surface area contributed by atoms with Crippen LogP contribution in [0.1, 0.15) is 11.6 Å². The summed E-state index contributed by atoms with van der Waals surface area (Å²) in [6, 6.07) is 6.83. The second kappa shape index (κ2) is 4.52. The average Bonchev–Trinajstić information content (AvgIpc) is 3.13. The maximum absolute atomic E-state index is 10.7. The summed E-state index contributed by atoms with van der Waals surface area (Å²) < 4.78 is 2.09. The second-order valence-electron chi connectivity index (χ2n) is 4.73. The van der Waals surface area contributed by atoms with Crippen molar-refractivity contribution in [3.8, 4) is 0 Å².